The average Bonchev–Trinajstić information content (AvgIpc) is 3.33. The van der Waals surface area contributed by atoms with Crippen molar-refractivity contribution in [3.63, 3.8) is 0 Å². The van der Waals surface area contributed by atoms with Crippen LogP contribution in [0.4, 0.5) is 5.69 Å². The fourth-order valence-corrected chi connectivity index (χ4v) is 4.76. The van der Waals surface area contributed by atoms with E-state index in [-0.39, 0.29) is 30.1 Å². The molecule has 1 unspecified atom stereocenters. The number of nitrogens with zero attached hydrogens (tertiary/aromatic N) is 4. The van der Waals surface area contributed by atoms with Crippen molar-refractivity contribution >= 4 is 35.3 Å². The number of piperazine rings is 1. The van der Waals surface area contributed by atoms with E-state index in [9.17, 15) is 24.0 Å². The summed E-state index contributed by atoms with van der Waals surface area (Å²) in [7, 11) is 1.75. The Bertz CT molecular complexity index is 1210. The molecule has 0 bridgehead atoms. The number of rotatable bonds is 9. The lowest BCUT2D eigenvalue weighted by atomic mass is 10.1. The number of benzene rings is 2. The summed E-state index contributed by atoms with van der Waals surface area (Å²) >= 11 is 0. The van der Waals surface area contributed by atoms with E-state index in [2.05, 4.69) is 4.90 Å². The van der Waals surface area contributed by atoms with E-state index in [1.165, 1.54) is 0 Å². The summed E-state index contributed by atoms with van der Waals surface area (Å²) in [5.74, 6) is -2.65. The van der Waals surface area contributed by atoms with Gasteiger partial charge in [0.25, 0.3) is 5.91 Å². The summed E-state index contributed by atoms with van der Waals surface area (Å²) in [6, 6.07) is 19.1. The zero-order valence-corrected chi connectivity index (χ0v) is 23.1. The number of hydrogen-bond donors (Lipinski definition) is 2. The van der Waals surface area contributed by atoms with E-state index >= 15 is 0 Å². The van der Waals surface area contributed by atoms with Crippen LogP contribution in [0.1, 0.15) is 23.2 Å². The van der Waals surface area contributed by atoms with E-state index < -0.39 is 11.9 Å². The second kappa shape index (κ2) is 15.3. The number of para-hydroxylation sites is 1. The topological polar surface area (TPSA) is 139 Å². The number of carbonyl (C=O) groups excluding carboxylic acids is 3. The lowest BCUT2D eigenvalue weighted by molar-refractivity contribution is -0.134. The highest BCUT2D eigenvalue weighted by molar-refractivity contribution is 5.99. The number of aliphatic carboxylic acids is 2. The van der Waals surface area contributed by atoms with Crippen molar-refractivity contribution in [2.24, 2.45) is 5.92 Å². The first-order valence-corrected chi connectivity index (χ1v) is 13.5. The van der Waals surface area contributed by atoms with Gasteiger partial charge < -0.3 is 24.9 Å². The zero-order chi connectivity index (χ0) is 29.8. The van der Waals surface area contributed by atoms with Crippen molar-refractivity contribution < 1.29 is 34.2 Å². The molecule has 3 amide bonds. The molecule has 1 atom stereocenters. The molecule has 2 aliphatic heterocycles. The van der Waals surface area contributed by atoms with Gasteiger partial charge >= 0.3 is 11.9 Å². The summed E-state index contributed by atoms with van der Waals surface area (Å²) in [4.78, 5) is 64.7. The largest absolute Gasteiger partial charge is 0.478 e. The maximum absolute atomic E-state index is 13.3. The van der Waals surface area contributed by atoms with E-state index in [0.29, 0.717) is 38.3 Å². The van der Waals surface area contributed by atoms with Crippen LogP contribution >= 0.6 is 0 Å². The Morgan fingerprint density at radius 2 is 1.44 bits per heavy atom. The first kappa shape index (κ1) is 31.0. The molecule has 2 saturated heterocycles. The van der Waals surface area contributed by atoms with Gasteiger partial charge in [0.15, 0.2) is 0 Å². The van der Waals surface area contributed by atoms with Crippen LogP contribution in [0.25, 0.3) is 0 Å². The van der Waals surface area contributed by atoms with Gasteiger partial charge in [-0.05, 0) is 37.2 Å². The predicted octanol–water partition coefficient (Wildman–Crippen LogP) is 2.06. The minimum atomic E-state index is -1.26. The Kier molecular flexibility index (Phi) is 11.6. The van der Waals surface area contributed by atoms with Crippen LogP contribution < -0.4 is 4.90 Å². The minimum Gasteiger partial charge on any atom is -0.478 e. The Morgan fingerprint density at radius 1 is 0.878 bits per heavy atom. The molecular weight excluding hydrogens is 528 g/mol. The number of carboxylic acids is 2. The Morgan fingerprint density at radius 3 is 1.95 bits per heavy atom. The summed E-state index contributed by atoms with van der Waals surface area (Å²) in [5, 5.41) is 15.6. The Labute approximate surface area is 239 Å². The van der Waals surface area contributed by atoms with Gasteiger partial charge in [0, 0.05) is 76.1 Å². The lowest BCUT2D eigenvalue weighted by Crippen LogP contribution is -2.49. The molecule has 41 heavy (non-hydrogen) atoms. The summed E-state index contributed by atoms with van der Waals surface area (Å²) in [6.07, 6.45) is 2.24. The molecular formula is C30H36N4O7. The molecule has 218 valence electrons. The smallest absolute Gasteiger partial charge is 0.328 e. The molecule has 0 saturated carbocycles. The highest BCUT2D eigenvalue weighted by Crippen LogP contribution is 2.23. The van der Waals surface area contributed by atoms with Crippen molar-refractivity contribution in [3.05, 3.63) is 78.4 Å². The van der Waals surface area contributed by atoms with Gasteiger partial charge in [-0.3, -0.25) is 19.3 Å². The van der Waals surface area contributed by atoms with E-state index in [4.69, 9.17) is 10.2 Å². The second-order valence-electron chi connectivity index (χ2n) is 9.86. The monoisotopic (exact) mass is 564 g/mol. The van der Waals surface area contributed by atoms with Crippen molar-refractivity contribution in [3.8, 4) is 0 Å². The normalized spacial score (nSPS) is 17.2. The third kappa shape index (κ3) is 9.57. The lowest BCUT2D eigenvalue weighted by Gasteiger charge is -2.35. The quantitative estimate of drug-likeness (QED) is 0.442. The van der Waals surface area contributed by atoms with Gasteiger partial charge in [-0.15, -0.1) is 0 Å². The molecule has 2 heterocycles. The number of hydrogen-bond acceptors (Lipinski definition) is 6. The molecule has 2 aromatic carbocycles. The second-order valence-corrected chi connectivity index (χ2v) is 9.86. The molecule has 11 heteroatoms. The third-order valence-electron chi connectivity index (χ3n) is 6.93. The van der Waals surface area contributed by atoms with Crippen LogP contribution in [0.15, 0.2) is 72.8 Å². The molecule has 2 fully saturated rings. The van der Waals surface area contributed by atoms with Crippen molar-refractivity contribution in [2.45, 2.75) is 12.8 Å². The van der Waals surface area contributed by atoms with Gasteiger partial charge in [0.1, 0.15) is 0 Å². The van der Waals surface area contributed by atoms with Crippen molar-refractivity contribution in [2.75, 3.05) is 57.8 Å². The standard InChI is InChI=1S/C26H32N4O3.C4H4O4/c1-27-20-22(19-24(27)31)26(33)30(23-11-6-3-7-12-23)14-8-13-28-15-17-29(18-16-28)25(32)21-9-4-2-5-10-21;5-3(6)1-2-4(7)8/h2-7,9-12,22H,8,13-20H2,1H3;1-2H,(H,5,6)(H,7,8). The highest BCUT2D eigenvalue weighted by Gasteiger charge is 2.35. The van der Waals surface area contributed by atoms with Crippen molar-refractivity contribution in [1.29, 1.82) is 0 Å². The van der Waals surface area contributed by atoms with Crippen LogP contribution in [0.2, 0.25) is 0 Å². The van der Waals surface area contributed by atoms with Gasteiger partial charge in [-0.1, -0.05) is 36.4 Å². The molecule has 11 nitrogen and oxygen atoms in total. The van der Waals surface area contributed by atoms with Gasteiger partial charge in [-0.2, -0.15) is 0 Å². The van der Waals surface area contributed by atoms with E-state index in [0.717, 1.165) is 37.3 Å². The Balaban J connectivity index is 0.000000507. The van der Waals surface area contributed by atoms with Crippen LogP contribution in [-0.2, 0) is 19.2 Å². The number of carbonyl (C=O) groups is 5. The zero-order valence-electron chi connectivity index (χ0n) is 23.1. The minimum absolute atomic E-state index is 0.0252. The summed E-state index contributed by atoms with van der Waals surface area (Å²) in [6.45, 7) is 5.06. The van der Waals surface area contributed by atoms with Gasteiger partial charge in [0.05, 0.1) is 5.92 Å². The maximum atomic E-state index is 13.3. The maximum Gasteiger partial charge on any atom is 0.328 e. The molecule has 0 aliphatic carbocycles. The van der Waals surface area contributed by atoms with Crippen LogP contribution in [0, 0.1) is 5.92 Å². The first-order valence-electron chi connectivity index (χ1n) is 13.5. The number of likely N-dealkylation sites (tertiary alicyclic amines) is 1. The summed E-state index contributed by atoms with van der Waals surface area (Å²) in [5.41, 5.74) is 1.61. The van der Waals surface area contributed by atoms with Gasteiger partial charge in [0.2, 0.25) is 11.8 Å². The Hall–Kier alpha value is -4.51. The van der Waals surface area contributed by atoms with E-state index in [1.54, 1.807) is 11.9 Å². The molecule has 0 spiro atoms. The molecule has 4 rings (SSSR count). The predicted molar refractivity (Wildman–Crippen MR) is 152 cm³/mol. The molecule has 2 aromatic rings. The van der Waals surface area contributed by atoms with E-state index in [1.807, 2.05) is 70.5 Å². The SMILES string of the molecule is CN1CC(C(=O)N(CCCN2CCN(C(=O)c3ccccc3)CC2)c2ccccc2)CC1=O.O=C(O)C=CC(=O)O. The van der Waals surface area contributed by atoms with Crippen LogP contribution in [0.3, 0.4) is 0 Å². The fraction of sp³-hybridized carbons (Fsp3) is 0.367. The molecule has 0 radical (unpaired) electrons. The molecule has 0 aromatic heterocycles. The van der Waals surface area contributed by atoms with Gasteiger partial charge in [-0.25, -0.2) is 9.59 Å². The fourth-order valence-electron chi connectivity index (χ4n) is 4.76. The van der Waals surface area contributed by atoms with Crippen molar-refractivity contribution in [1.82, 2.24) is 14.7 Å². The summed E-state index contributed by atoms with van der Waals surface area (Å²) < 4.78 is 0. The molecule has 2 aliphatic rings. The number of amides is 3. The number of carboxylic acid groups (broad SMARTS) is 2. The highest BCUT2D eigenvalue weighted by atomic mass is 16.4. The van der Waals surface area contributed by atoms with Crippen LogP contribution in [0.5, 0.6) is 0 Å². The third-order valence-corrected chi connectivity index (χ3v) is 6.93. The average molecular weight is 565 g/mol. The van der Waals surface area contributed by atoms with Crippen LogP contribution in [-0.4, -0.2) is 107 Å². The first-order chi connectivity index (χ1) is 19.7. The molecule has 2 N–H and O–H groups in total. The number of anilines is 1.